The number of nitrogens with zero attached hydrogens (tertiary/aromatic N) is 3. The summed E-state index contributed by atoms with van der Waals surface area (Å²) in [5.41, 5.74) is 0.958. The molecule has 0 fully saturated rings. The molecule has 3 rings (SSSR count). The summed E-state index contributed by atoms with van der Waals surface area (Å²) in [4.78, 5) is 0.0101. The molecule has 8 heteroatoms. The molecular formula is C21H25N3O4S. The molecule has 0 spiro atoms. The molecule has 0 aliphatic heterocycles. The van der Waals surface area contributed by atoms with Crippen LogP contribution < -0.4 is 4.74 Å². The Kier molecular flexibility index (Phi) is 6.53. The third-order valence-electron chi connectivity index (χ3n) is 4.58. The van der Waals surface area contributed by atoms with Gasteiger partial charge in [0.15, 0.2) is 5.69 Å². The van der Waals surface area contributed by atoms with Crippen LogP contribution in [0.5, 0.6) is 11.6 Å². The third-order valence-corrected chi connectivity index (χ3v) is 5.75. The average Bonchev–Trinajstić information content (AvgIpc) is 2.99. The first-order chi connectivity index (χ1) is 14.0. The fourth-order valence-electron chi connectivity index (χ4n) is 3.13. The van der Waals surface area contributed by atoms with Crippen molar-refractivity contribution in [3.05, 3.63) is 48.5 Å². The number of aromatic nitrogens is 1. The molecule has 1 aromatic heterocycles. The van der Waals surface area contributed by atoms with E-state index in [0.29, 0.717) is 24.3 Å². The van der Waals surface area contributed by atoms with Crippen molar-refractivity contribution in [1.82, 2.24) is 4.57 Å². The van der Waals surface area contributed by atoms with E-state index in [-0.39, 0.29) is 16.5 Å². The zero-order valence-electron chi connectivity index (χ0n) is 16.6. The van der Waals surface area contributed by atoms with Gasteiger partial charge in [-0.2, -0.15) is 8.42 Å². The lowest BCUT2D eigenvalue weighted by Crippen LogP contribution is -1.97. The molecule has 0 atom stereocenters. The van der Waals surface area contributed by atoms with Crippen molar-refractivity contribution < 1.29 is 18.3 Å². The van der Waals surface area contributed by atoms with Crippen molar-refractivity contribution in [2.75, 3.05) is 6.61 Å². The minimum absolute atomic E-state index is 0.0101. The van der Waals surface area contributed by atoms with Gasteiger partial charge in [-0.05, 0) is 43.7 Å². The maximum Gasteiger partial charge on any atom is 0.299 e. The number of hydrogen-bond acceptors (Lipinski definition) is 5. The molecule has 0 amide bonds. The molecule has 3 aromatic rings. The standard InChI is InChI=1S/C21H25N3O4S/c1-3-5-8-15-24-19-10-7-6-9-18(19)20(21(24)25)22-23-29(26,27)17-13-11-16(12-14-17)28-4-2/h6-7,9-14,25H,3-5,8,15H2,1-2H3. The first-order valence-corrected chi connectivity index (χ1v) is 11.1. The van der Waals surface area contributed by atoms with Crippen molar-refractivity contribution in [2.45, 2.75) is 44.6 Å². The number of aromatic hydroxyl groups is 1. The second-order valence-electron chi connectivity index (χ2n) is 6.61. The van der Waals surface area contributed by atoms with E-state index in [2.05, 4.69) is 16.6 Å². The Morgan fingerprint density at radius 2 is 1.76 bits per heavy atom. The van der Waals surface area contributed by atoms with Crippen molar-refractivity contribution in [2.24, 2.45) is 9.63 Å². The summed E-state index contributed by atoms with van der Waals surface area (Å²) in [5.74, 6) is 0.504. The van der Waals surface area contributed by atoms with Crippen molar-refractivity contribution in [3.63, 3.8) is 0 Å². The minimum atomic E-state index is -4.00. The van der Waals surface area contributed by atoms with Gasteiger partial charge in [0.1, 0.15) is 5.75 Å². The van der Waals surface area contributed by atoms with Crippen molar-refractivity contribution >= 4 is 26.6 Å². The summed E-state index contributed by atoms with van der Waals surface area (Å²) < 4.78 is 35.8. The molecule has 1 heterocycles. The van der Waals surface area contributed by atoms with Crippen LogP contribution in [-0.2, 0) is 16.6 Å². The number of benzene rings is 2. The van der Waals surface area contributed by atoms with Gasteiger partial charge >= 0.3 is 0 Å². The van der Waals surface area contributed by atoms with E-state index in [1.54, 1.807) is 22.8 Å². The molecule has 0 saturated heterocycles. The molecule has 2 aromatic carbocycles. The van der Waals surface area contributed by atoms with Gasteiger partial charge < -0.3 is 14.4 Å². The van der Waals surface area contributed by atoms with Crippen LogP contribution >= 0.6 is 0 Å². The summed E-state index contributed by atoms with van der Waals surface area (Å²) in [6.45, 7) is 5.08. The van der Waals surface area contributed by atoms with E-state index in [4.69, 9.17) is 4.74 Å². The maximum absolute atomic E-state index is 12.6. The molecule has 0 saturated carbocycles. The van der Waals surface area contributed by atoms with E-state index in [9.17, 15) is 13.5 Å². The molecule has 1 N–H and O–H groups in total. The van der Waals surface area contributed by atoms with Gasteiger partial charge in [-0.15, -0.1) is 5.11 Å². The topological polar surface area (TPSA) is 93.2 Å². The Bertz CT molecular complexity index is 1100. The van der Waals surface area contributed by atoms with Gasteiger partial charge in [-0.25, -0.2) is 0 Å². The third kappa shape index (κ3) is 4.59. The minimum Gasteiger partial charge on any atom is -0.494 e. The molecular weight excluding hydrogens is 390 g/mol. The number of unbranched alkanes of at least 4 members (excludes halogenated alkanes) is 2. The Hall–Kier alpha value is -2.87. The summed E-state index contributed by atoms with van der Waals surface area (Å²) in [6, 6.07) is 13.4. The monoisotopic (exact) mass is 415 g/mol. The number of ether oxygens (including phenoxy) is 1. The highest BCUT2D eigenvalue weighted by molar-refractivity contribution is 7.90. The molecule has 29 heavy (non-hydrogen) atoms. The largest absolute Gasteiger partial charge is 0.494 e. The van der Waals surface area contributed by atoms with E-state index in [1.165, 1.54) is 12.1 Å². The lowest BCUT2D eigenvalue weighted by atomic mass is 10.2. The van der Waals surface area contributed by atoms with E-state index < -0.39 is 10.0 Å². The molecule has 0 aliphatic rings. The summed E-state index contributed by atoms with van der Waals surface area (Å²) >= 11 is 0. The van der Waals surface area contributed by atoms with Gasteiger partial charge in [0.25, 0.3) is 10.0 Å². The van der Waals surface area contributed by atoms with Gasteiger partial charge in [0.2, 0.25) is 5.88 Å². The highest BCUT2D eigenvalue weighted by atomic mass is 32.2. The fourth-order valence-corrected chi connectivity index (χ4v) is 3.90. The molecule has 7 nitrogen and oxygen atoms in total. The number of sulfonamides is 1. The highest BCUT2D eigenvalue weighted by Crippen LogP contribution is 2.39. The van der Waals surface area contributed by atoms with Crippen LogP contribution in [0.2, 0.25) is 0 Å². The van der Waals surface area contributed by atoms with E-state index in [1.807, 2.05) is 25.1 Å². The van der Waals surface area contributed by atoms with E-state index in [0.717, 1.165) is 24.8 Å². The maximum atomic E-state index is 12.6. The quantitative estimate of drug-likeness (QED) is 0.373. The van der Waals surface area contributed by atoms with Crippen LogP contribution in [-0.4, -0.2) is 24.7 Å². The summed E-state index contributed by atoms with van der Waals surface area (Å²) in [6.07, 6.45) is 3.01. The normalized spacial score (nSPS) is 12.1. The smallest absolute Gasteiger partial charge is 0.299 e. The van der Waals surface area contributed by atoms with Crippen LogP contribution in [0.25, 0.3) is 10.9 Å². The average molecular weight is 416 g/mol. The van der Waals surface area contributed by atoms with Crippen molar-refractivity contribution in [3.8, 4) is 11.6 Å². The predicted octanol–water partition coefficient (Wildman–Crippen LogP) is 5.41. The van der Waals surface area contributed by atoms with E-state index >= 15 is 0 Å². The van der Waals surface area contributed by atoms with Crippen LogP contribution in [0.15, 0.2) is 63.1 Å². The first-order valence-electron chi connectivity index (χ1n) is 9.69. The fraction of sp³-hybridized carbons (Fsp3) is 0.333. The Balaban J connectivity index is 1.94. The molecule has 0 radical (unpaired) electrons. The lowest BCUT2D eigenvalue weighted by Gasteiger charge is -2.05. The second kappa shape index (κ2) is 9.09. The van der Waals surface area contributed by atoms with Gasteiger partial charge in [-0.1, -0.05) is 42.5 Å². The van der Waals surface area contributed by atoms with Gasteiger partial charge in [0, 0.05) is 11.9 Å². The molecule has 0 unspecified atom stereocenters. The molecule has 154 valence electrons. The summed E-state index contributed by atoms with van der Waals surface area (Å²) in [5, 5.41) is 15.3. The SMILES string of the molecule is CCCCCn1c(O)c(N=NS(=O)(=O)c2ccc(OCC)cc2)c2ccccc21. The van der Waals surface area contributed by atoms with Crippen molar-refractivity contribution in [1.29, 1.82) is 0 Å². The lowest BCUT2D eigenvalue weighted by molar-refractivity contribution is 0.340. The van der Waals surface area contributed by atoms with Crippen LogP contribution in [0, 0.1) is 0 Å². The number of aryl methyl sites for hydroxylation is 1. The number of para-hydroxylation sites is 1. The Labute approximate surface area is 170 Å². The molecule has 0 aliphatic carbocycles. The molecule has 0 bridgehead atoms. The highest BCUT2D eigenvalue weighted by Gasteiger charge is 2.18. The number of hydrogen-bond donors (Lipinski definition) is 1. The van der Waals surface area contributed by atoms with Gasteiger partial charge in [0.05, 0.1) is 17.0 Å². The Morgan fingerprint density at radius 3 is 2.45 bits per heavy atom. The number of fused-ring (bicyclic) bond motifs is 1. The summed E-state index contributed by atoms with van der Waals surface area (Å²) in [7, 11) is -4.00. The van der Waals surface area contributed by atoms with Crippen LogP contribution in [0.3, 0.4) is 0 Å². The number of rotatable bonds is 9. The zero-order valence-corrected chi connectivity index (χ0v) is 17.4. The first kappa shape index (κ1) is 20.9. The van der Waals surface area contributed by atoms with Crippen LogP contribution in [0.1, 0.15) is 33.1 Å². The Morgan fingerprint density at radius 1 is 1.03 bits per heavy atom. The predicted molar refractivity (Wildman–Crippen MR) is 112 cm³/mol. The zero-order chi connectivity index (χ0) is 20.9. The van der Waals surface area contributed by atoms with Crippen LogP contribution in [0.4, 0.5) is 5.69 Å². The second-order valence-corrected chi connectivity index (χ2v) is 8.19. The van der Waals surface area contributed by atoms with Gasteiger partial charge in [-0.3, -0.25) is 0 Å².